The first-order valence-corrected chi connectivity index (χ1v) is 7.28. The first-order valence-electron chi connectivity index (χ1n) is 7.28. The summed E-state index contributed by atoms with van der Waals surface area (Å²) in [7, 11) is 0. The summed E-state index contributed by atoms with van der Waals surface area (Å²) in [5, 5.41) is 9.17. The van der Waals surface area contributed by atoms with E-state index < -0.39 is 11.9 Å². The lowest BCUT2D eigenvalue weighted by Gasteiger charge is -2.25. The molecule has 1 N–H and O–H groups in total. The van der Waals surface area contributed by atoms with Crippen LogP contribution in [0.4, 0.5) is 0 Å². The molecule has 1 aliphatic rings. The molecule has 0 aromatic heterocycles. The summed E-state index contributed by atoms with van der Waals surface area (Å²) in [5.74, 6) is -1.71. The largest absolute Gasteiger partial charge is 0.478 e. The Morgan fingerprint density at radius 1 is 1.00 bits per heavy atom. The van der Waals surface area contributed by atoms with E-state index in [0.29, 0.717) is 0 Å². The minimum atomic E-state index is -1.13. The van der Waals surface area contributed by atoms with Crippen LogP contribution in [0.2, 0.25) is 0 Å². The summed E-state index contributed by atoms with van der Waals surface area (Å²) >= 11 is 0. The summed E-state index contributed by atoms with van der Waals surface area (Å²) in [6.45, 7) is 0. The summed E-state index contributed by atoms with van der Waals surface area (Å²) in [4.78, 5) is 23.6. The van der Waals surface area contributed by atoms with Crippen LogP contribution in [0.1, 0.15) is 50.8 Å². The number of benzene rings is 2. The first kappa shape index (κ1) is 14.3. The minimum Gasteiger partial charge on any atom is -0.478 e. The molecule has 0 bridgehead atoms. The first-order chi connectivity index (χ1) is 10.7. The second-order valence-electron chi connectivity index (χ2n) is 5.34. The Balaban J connectivity index is 1.86. The standard InChI is InChI=1S/C18H16O4/c19-17(20)14-9-3-4-10-15(14)18(21)22-16-11-5-7-12-6-1-2-8-13(12)16/h1-4,6,8-10,16H,5,7,11H2,(H,19,20)/t16-/m0/s1. The van der Waals surface area contributed by atoms with Crippen molar-refractivity contribution in [3.63, 3.8) is 0 Å². The number of rotatable bonds is 3. The van der Waals surface area contributed by atoms with Gasteiger partial charge in [-0.05, 0) is 42.5 Å². The zero-order chi connectivity index (χ0) is 15.5. The molecule has 1 aliphatic carbocycles. The highest BCUT2D eigenvalue weighted by atomic mass is 16.5. The average Bonchev–Trinajstić information content (AvgIpc) is 2.55. The average molecular weight is 296 g/mol. The fourth-order valence-electron chi connectivity index (χ4n) is 2.87. The maximum atomic E-state index is 12.4. The SMILES string of the molecule is O=C(O)c1ccccc1C(=O)O[C@H]1CCCc2ccccc21. The smallest absolute Gasteiger partial charge is 0.339 e. The number of carboxylic acids is 1. The molecule has 0 heterocycles. The number of hydrogen-bond acceptors (Lipinski definition) is 3. The second-order valence-corrected chi connectivity index (χ2v) is 5.34. The van der Waals surface area contributed by atoms with Gasteiger partial charge in [0, 0.05) is 0 Å². The number of carbonyl (C=O) groups is 2. The maximum absolute atomic E-state index is 12.4. The highest BCUT2D eigenvalue weighted by Gasteiger charge is 2.25. The van der Waals surface area contributed by atoms with E-state index >= 15 is 0 Å². The number of esters is 1. The summed E-state index contributed by atoms with van der Waals surface area (Å²) in [6.07, 6.45) is 2.39. The summed E-state index contributed by atoms with van der Waals surface area (Å²) in [5.41, 5.74) is 2.28. The van der Waals surface area contributed by atoms with E-state index in [0.717, 1.165) is 24.8 Å². The lowest BCUT2D eigenvalue weighted by molar-refractivity contribution is 0.0251. The van der Waals surface area contributed by atoms with Gasteiger partial charge in [0.1, 0.15) is 6.10 Å². The van der Waals surface area contributed by atoms with E-state index in [9.17, 15) is 14.7 Å². The Morgan fingerprint density at radius 3 is 2.45 bits per heavy atom. The Kier molecular flexibility index (Phi) is 3.92. The highest BCUT2D eigenvalue weighted by molar-refractivity contribution is 6.02. The normalized spacial score (nSPS) is 16.6. The van der Waals surface area contributed by atoms with Crippen molar-refractivity contribution >= 4 is 11.9 Å². The van der Waals surface area contributed by atoms with Crippen LogP contribution >= 0.6 is 0 Å². The van der Waals surface area contributed by atoms with Crippen LogP contribution in [-0.2, 0) is 11.2 Å². The lowest BCUT2D eigenvalue weighted by Crippen LogP contribution is -2.18. The Morgan fingerprint density at radius 2 is 1.68 bits per heavy atom. The quantitative estimate of drug-likeness (QED) is 0.879. The number of hydrogen-bond donors (Lipinski definition) is 1. The predicted molar refractivity (Wildman–Crippen MR) is 80.9 cm³/mol. The molecule has 0 spiro atoms. The number of aryl methyl sites for hydroxylation is 1. The van der Waals surface area contributed by atoms with E-state index in [1.165, 1.54) is 17.7 Å². The third-order valence-corrected chi connectivity index (χ3v) is 3.94. The van der Waals surface area contributed by atoms with Crippen LogP contribution in [0, 0.1) is 0 Å². The van der Waals surface area contributed by atoms with Crippen molar-refractivity contribution in [3.8, 4) is 0 Å². The van der Waals surface area contributed by atoms with Gasteiger partial charge in [-0.25, -0.2) is 9.59 Å². The molecule has 1 atom stereocenters. The van der Waals surface area contributed by atoms with Gasteiger partial charge in [-0.1, -0.05) is 36.4 Å². The van der Waals surface area contributed by atoms with Gasteiger partial charge in [-0.15, -0.1) is 0 Å². The predicted octanol–water partition coefficient (Wildman–Crippen LogP) is 3.62. The van der Waals surface area contributed by atoms with Crippen LogP contribution in [0.3, 0.4) is 0 Å². The number of aromatic carboxylic acids is 1. The fraction of sp³-hybridized carbons (Fsp3) is 0.222. The molecule has 3 rings (SSSR count). The molecule has 4 heteroatoms. The highest BCUT2D eigenvalue weighted by Crippen LogP contribution is 2.33. The molecular formula is C18H16O4. The molecule has 4 nitrogen and oxygen atoms in total. The zero-order valence-electron chi connectivity index (χ0n) is 12.0. The van der Waals surface area contributed by atoms with E-state index in [1.54, 1.807) is 12.1 Å². The van der Waals surface area contributed by atoms with Crippen LogP contribution in [0.25, 0.3) is 0 Å². The van der Waals surface area contributed by atoms with Crippen molar-refractivity contribution in [3.05, 3.63) is 70.8 Å². The van der Waals surface area contributed by atoms with Crippen LogP contribution in [0.5, 0.6) is 0 Å². The second kappa shape index (κ2) is 6.02. The van der Waals surface area contributed by atoms with Crippen molar-refractivity contribution in [2.24, 2.45) is 0 Å². The topological polar surface area (TPSA) is 63.6 Å². The monoisotopic (exact) mass is 296 g/mol. The van der Waals surface area contributed by atoms with E-state index in [2.05, 4.69) is 0 Å². The molecule has 0 radical (unpaired) electrons. The van der Waals surface area contributed by atoms with E-state index in [-0.39, 0.29) is 17.2 Å². The molecule has 22 heavy (non-hydrogen) atoms. The summed E-state index contributed by atoms with van der Waals surface area (Å²) in [6, 6.07) is 14.0. The maximum Gasteiger partial charge on any atom is 0.339 e. The number of ether oxygens (including phenoxy) is 1. The van der Waals surface area contributed by atoms with Gasteiger partial charge in [0.25, 0.3) is 0 Å². The third-order valence-electron chi connectivity index (χ3n) is 3.94. The van der Waals surface area contributed by atoms with Gasteiger partial charge in [0.05, 0.1) is 11.1 Å². The van der Waals surface area contributed by atoms with Crippen molar-refractivity contribution in [2.75, 3.05) is 0 Å². The molecular weight excluding hydrogens is 280 g/mol. The number of carbonyl (C=O) groups excluding carboxylic acids is 1. The van der Waals surface area contributed by atoms with Gasteiger partial charge in [-0.2, -0.15) is 0 Å². The van der Waals surface area contributed by atoms with Gasteiger partial charge in [-0.3, -0.25) is 0 Å². The Hall–Kier alpha value is -2.62. The van der Waals surface area contributed by atoms with E-state index in [1.807, 2.05) is 24.3 Å². The van der Waals surface area contributed by atoms with Gasteiger partial charge in [0.2, 0.25) is 0 Å². The van der Waals surface area contributed by atoms with Crippen molar-refractivity contribution < 1.29 is 19.4 Å². The Bertz CT molecular complexity index is 721. The fourth-order valence-corrected chi connectivity index (χ4v) is 2.87. The third kappa shape index (κ3) is 2.72. The molecule has 0 fully saturated rings. The molecule has 2 aromatic carbocycles. The van der Waals surface area contributed by atoms with Gasteiger partial charge >= 0.3 is 11.9 Å². The molecule has 0 saturated heterocycles. The van der Waals surface area contributed by atoms with Crippen LogP contribution in [-0.4, -0.2) is 17.0 Å². The molecule has 0 amide bonds. The molecule has 112 valence electrons. The van der Waals surface area contributed by atoms with Gasteiger partial charge in [0.15, 0.2) is 0 Å². The van der Waals surface area contributed by atoms with Crippen molar-refractivity contribution in [1.82, 2.24) is 0 Å². The van der Waals surface area contributed by atoms with Gasteiger partial charge < -0.3 is 9.84 Å². The minimum absolute atomic E-state index is 0.0309. The molecule has 0 unspecified atom stereocenters. The van der Waals surface area contributed by atoms with Crippen molar-refractivity contribution in [1.29, 1.82) is 0 Å². The Labute approximate surface area is 128 Å². The lowest BCUT2D eigenvalue weighted by atomic mass is 9.89. The van der Waals surface area contributed by atoms with Crippen molar-refractivity contribution in [2.45, 2.75) is 25.4 Å². The van der Waals surface area contributed by atoms with Crippen LogP contribution < -0.4 is 0 Å². The van der Waals surface area contributed by atoms with E-state index in [4.69, 9.17) is 4.74 Å². The molecule has 2 aromatic rings. The number of carboxylic acid groups (broad SMARTS) is 1. The number of fused-ring (bicyclic) bond motifs is 1. The van der Waals surface area contributed by atoms with Crippen LogP contribution in [0.15, 0.2) is 48.5 Å². The molecule has 0 saturated carbocycles. The summed E-state index contributed by atoms with van der Waals surface area (Å²) < 4.78 is 5.59. The zero-order valence-corrected chi connectivity index (χ0v) is 12.0. The molecule has 0 aliphatic heterocycles.